The number of carbonyl (C=O) groups excluding carboxylic acids is 1. The molecule has 5 nitrogen and oxygen atoms in total. The van der Waals surface area contributed by atoms with Crippen molar-refractivity contribution in [1.29, 1.82) is 0 Å². The summed E-state index contributed by atoms with van der Waals surface area (Å²) in [6, 6.07) is 3.52. The van der Waals surface area contributed by atoms with Crippen molar-refractivity contribution in [3.63, 3.8) is 0 Å². The Morgan fingerprint density at radius 2 is 2.19 bits per heavy atom. The van der Waals surface area contributed by atoms with Crippen LogP contribution in [0.2, 0.25) is 0 Å². The molecule has 2 amide bonds. The van der Waals surface area contributed by atoms with Gasteiger partial charge in [-0.2, -0.15) is 0 Å². The maximum absolute atomic E-state index is 13.3. The molecule has 2 N–H and O–H groups in total. The number of hydrogen-bond donors (Lipinski definition) is 2. The molecule has 1 unspecified atom stereocenters. The van der Waals surface area contributed by atoms with Gasteiger partial charge in [0.2, 0.25) is 0 Å². The molecule has 146 valence electrons. The predicted octanol–water partition coefficient (Wildman–Crippen LogP) is 4.48. The van der Waals surface area contributed by atoms with Crippen LogP contribution in [0.25, 0.3) is 0 Å². The van der Waals surface area contributed by atoms with Gasteiger partial charge in [-0.05, 0) is 49.8 Å². The average Bonchev–Trinajstić information content (AvgIpc) is 3.09. The van der Waals surface area contributed by atoms with Gasteiger partial charge in [0.15, 0.2) is 16.8 Å². The molecule has 1 saturated heterocycles. The highest BCUT2D eigenvalue weighted by Crippen LogP contribution is 2.22. The van der Waals surface area contributed by atoms with Crippen LogP contribution in [-0.4, -0.2) is 30.3 Å². The van der Waals surface area contributed by atoms with Gasteiger partial charge in [-0.1, -0.05) is 6.07 Å². The highest BCUT2D eigenvalue weighted by atomic mass is 32.1. The molecule has 1 fully saturated rings. The minimum Gasteiger partial charge on any atom is -0.378 e. The lowest BCUT2D eigenvalue weighted by molar-refractivity contribution is 0.0103. The summed E-state index contributed by atoms with van der Waals surface area (Å²) in [6.07, 6.45) is 7.67. The van der Waals surface area contributed by atoms with Crippen LogP contribution in [0.3, 0.4) is 0 Å². The van der Waals surface area contributed by atoms with E-state index < -0.39 is 11.6 Å². The molecule has 2 aromatic rings. The summed E-state index contributed by atoms with van der Waals surface area (Å²) in [5.41, 5.74) is 0.651. The van der Waals surface area contributed by atoms with Crippen LogP contribution < -0.4 is 10.6 Å². The number of amides is 2. The smallest absolute Gasteiger partial charge is 0.321 e. The molecule has 27 heavy (non-hydrogen) atoms. The first-order chi connectivity index (χ1) is 13.1. The summed E-state index contributed by atoms with van der Waals surface area (Å²) in [7, 11) is 0. The molecule has 2 heterocycles. The zero-order valence-corrected chi connectivity index (χ0v) is 15.8. The third-order valence-electron chi connectivity index (χ3n) is 4.40. The molecule has 1 atom stereocenters. The van der Waals surface area contributed by atoms with Crippen LogP contribution >= 0.6 is 11.3 Å². The van der Waals surface area contributed by atoms with Crippen molar-refractivity contribution in [2.45, 2.75) is 44.6 Å². The standard InChI is InChI=1S/C19H23F2N3O2S/c20-16-7-6-13(11-17(16)21)10-15-12-23-19(27-15)24-18(25)22-8-3-5-14-4-1-2-9-26-14/h6-7,11-12,14H,1-5,8-10H2,(H2,22,23,24,25). The van der Waals surface area contributed by atoms with Crippen molar-refractivity contribution in [3.8, 4) is 0 Å². The van der Waals surface area contributed by atoms with E-state index in [-0.39, 0.29) is 6.03 Å². The Balaban J connectivity index is 1.39. The van der Waals surface area contributed by atoms with E-state index in [2.05, 4.69) is 15.6 Å². The Hall–Kier alpha value is -2.06. The number of anilines is 1. The van der Waals surface area contributed by atoms with Gasteiger partial charge in [-0.25, -0.2) is 18.6 Å². The largest absolute Gasteiger partial charge is 0.378 e. The van der Waals surface area contributed by atoms with Crippen molar-refractivity contribution >= 4 is 22.5 Å². The summed E-state index contributed by atoms with van der Waals surface area (Å²) >= 11 is 1.31. The summed E-state index contributed by atoms with van der Waals surface area (Å²) < 4.78 is 31.9. The maximum Gasteiger partial charge on any atom is 0.321 e. The number of halogens is 2. The summed E-state index contributed by atoms with van der Waals surface area (Å²) in [4.78, 5) is 16.9. The SMILES string of the molecule is O=C(NCCCC1CCCCO1)Nc1ncc(Cc2ccc(F)c(F)c2)s1. The number of nitrogens with one attached hydrogen (secondary N) is 2. The van der Waals surface area contributed by atoms with Crippen LogP contribution in [-0.2, 0) is 11.2 Å². The van der Waals surface area contributed by atoms with Crippen molar-refractivity contribution in [2.24, 2.45) is 0 Å². The van der Waals surface area contributed by atoms with Crippen molar-refractivity contribution in [3.05, 3.63) is 46.5 Å². The molecule has 0 radical (unpaired) electrons. The second-order valence-corrected chi connectivity index (χ2v) is 7.68. The maximum atomic E-state index is 13.3. The third kappa shape index (κ3) is 6.25. The lowest BCUT2D eigenvalue weighted by Crippen LogP contribution is -2.30. The van der Waals surface area contributed by atoms with Crippen molar-refractivity contribution in [2.75, 3.05) is 18.5 Å². The van der Waals surface area contributed by atoms with Gasteiger partial charge >= 0.3 is 6.03 Å². The lowest BCUT2D eigenvalue weighted by atomic mass is 10.0. The highest BCUT2D eigenvalue weighted by molar-refractivity contribution is 7.15. The topological polar surface area (TPSA) is 63.2 Å². The first-order valence-electron chi connectivity index (χ1n) is 9.15. The highest BCUT2D eigenvalue weighted by Gasteiger charge is 2.13. The Morgan fingerprint density at radius 1 is 1.30 bits per heavy atom. The van der Waals surface area contributed by atoms with Gasteiger partial charge < -0.3 is 10.1 Å². The lowest BCUT2D eigenvalue weighted by Gasteiger charge is -2.22. The van der Waals surface area contributed by atoms with E-state index in [1.807, 2.05) is 0 Å². The van der Waals surface area contributed by atoms with E-state index in [9.17, 15) is 13.6 Å². The van der Waals surface area contributed by atoms with Crippen LogP contribution in [0.15, 0.2) is 24.4 Å². The minimum absolute atomic E-state index is 0.298. The molecule has 1 aromatic carbocycles. The van der Waals surface area contributed by atoms with Crippen molar-refractivity contribution < 1.29 is 18.3 Å². The van der Waals surface area contributed by atoms with E-state index in [1.54, 1.807) is 6.20 Å². The summed E-state index contributed by atoms with van der Waals surface area (Å²) in [5, 5.41) is 5.99. The van der Waals surface area contributed by atoms with E-state index in [1.165, 1.54) is 29.9 Å². The second-order valence-electron chi connectivity index (χ2n) is 6.57. The van der Waals surface area contributed by atoms with Gasteiger partial charge in [0.25, 0.3) is 0 Å². The van der Waals surface area contributed by atoms with Crippen LogP contribution in [0.1, 0.15) is 42.5 Å². The molecular formula is C19H23F2N3O2S. The Bertz CT molecular complexity index is 763. The molecule has 3 rings (SSSR count). The fourth-order valence-electron chi connectivity index (χ4n) is 3.01. The Morgan fingerprint density at radius 3 is 2.96 bits per heavy atom. The molecule has 1 aromatic heterocycles. The number of hydrogen-bond acceptors (Lipinski definition) is 4. The van der Waals surface area contributed by atoms with Gasteiger partial charge in [0.1, 0.15) is 0 Å². The fraction of sp³-hybridized carbons (Fsp3) is 0.474. The first kappa shape index (κ1) is 19.7. The monoisotopic (exact) mass is 395 g/mol. The molecule has 0 saturated carbocycles. The molecule has 0 spiro atoms. The van der Waals surface area contributed by atoms with Crippen molar-refractivity contribution in [1.82, 2.24) is 10.3 Å². The Kier molecular flexibility index (Phi) is 7.11. The van der Waals surface area contributed by atoms with Gasteiger partial charge in [0, 0.05) is 30.6 Å². The van der Waals surface area contributed by atoms with E-state index in [4.69, 9.17) is 4.74 Å². The average molecular weight is 395 g/mol. The van der Waals surface area contributed by atoms with E-state index >= 15 is 0 Å². The molecular weight excluding hydrogens is 372 g/mol. The zero-order chi connectivity index (χ0) is 19.1. The zero-order valence-electron chi connectivity index (χ0n) is 15.0. The van der Waals surface area contributed by atoms with Gasteiger partial charge in [-0.3, -0.25) is 5.32 Å². The van der Waals surface area contributed by atoms with Crippen LogP contribution in [0, 0.1) is 11.6 Å². The number of urea groups is 1. The number of aromatic nitrogens is 1. The van der Waals surface area contributed by atoms with Crippen LogP contribution in [0.5, 0.6) is 0 Å². The second kappa shape index (κ2) is 9.75. The molecule has 1 aliphatic rings. The number of ether oxygens (including phenoxy) is 1. The quantitative estimate of drug-likeness (QED) is 0.680. The van der Waals surface area contributed by atoms with Crippen LogP contribution in [0.4, 0.5) is 18.7 Å². The minimum atomic E-state index is -0.867. The first-order valence-corrected chi connectivity index (χ1v) is 9.97. The van der Waals surface area contributed by atoms with E-state index in [0.29, 0.717) is 29.8 Å². The predicted molar refractivity (Wildman–Crippen MR) is 101 cm³/mol. The van der Waals surface area contributed by atoms with Gasteiger partial charge in [-0.15, -0.1) is 11.3 Å². The normalized spacial score (nSPS) is 16.9. The Labute approximate surface area is 161 Å². The number of rotatable bonds is 7. The number of benzene rings is 1. The molecule has 0 aliphatic carbocycles. The van der Waals surface area contributed by atoms with Gasteiger partial charge in [0.05, 0.1) is 6.10 Å². The number of nitrogens with zero attached hydrogens (tertiary/aromatic N) is 1. The summed E-state index contributed by atoms with van der Waals surface area (Å²) in [5.74, 6) is -1.73. The molecule has 8 heteroatoms. The molecule has 1 aliphatic heterocycles. The third-order valence-corrected chi connectivity index (χ3v) is 5.31. The number of carbonyl (C=O) groups is 1. The molecule has 0 bridgehead atoms. The summed E-state index contributed by atoms with van der Waals surface area (Å²) in [6.45, 7) is 1.42. The number of thiazole rings is 1. The fourth-order valence-corrected chi connectivity index (χ4v) is 3.85. The van der Waals surface area contributed by atoms with E-state index in [0.717, 1.165) is 43.2 Å².